The molecule has 0 aliphatic carbocycles. The fraction of sp³-hybridized carbons (Fsp3) is 0.917. The van der Waals surface area contributed by atoms with Crippen molar-refractivity contribution >= 4 is 18.9 Å². The zero-order valence-electron chi connectivity index (χ0n) is 27.3. The molecule has 0 spiro atoms. The van der Waals surface area contributed by atoms with E-state index in [0.29, 0.717) is 19.3 Å². The summed E-state index contributed by atoms with van der Waals surface area (Å²) in [6.45, 7) is 6.74. The van der Waals surface area contributed by atoms with Gasteiger partial charge in [-0.15, -0.1) is 0 Å². The van der Waals surface area contributed by atoms with Crippen LogP contribution in [0.5, 0.6) is 0 Å². The summed E-state index contributed by atoms with van der Waals surface area (Å²) in [6, 6.07) is 0. The Morgan fingerprint density at radius 1 is 0.275 bits per heavy atom. The van der Waals surface area contributed by atoms with Gasteiger partial charge in [0.15, 0.2) is 0 Å². The Kier molecular flexibility index (Phi) is 59.8. The van der Waals surface area contributed by atoms with Crippen molar-refractivity contribution in [1.82, 2.24) is 0 Å². The first-order valence-electron chi connectivity index (χ1n) is 17.3. The molecule has 0 rings (SSSR count). The molecule has 0 aliphatic rings. The first kappa shape index (κ1) is 46.6. The molecule has 1 radical (unpaired) electrons. The fourth-order valence-electron chi connectivity index (χ4n) is 4.52. The third-order valence-corrected chi connectivity index (χ3v) is 7.15. The summed E-state index contributed by atoms with van der Waals surface area (Å²) in [7, 11) is 0. The maximum atomic E-state index is 9.89. The van der Waals surface area contributed by atoms with Crippen LogP contribution in [0.2, 0.25) is 0 Å². The van der Waals surface area contributed by atoms with E-state index in [1.165, 1.54) is 154 Å². The van der Waals surface area contributed by atoms with Crippen LogP contribution in [0.15, 0.2) is 0 Å². The number of rotatable bonds is 30. The molecule has 40 heavy (non-hydrogen) atoms. The van der Waals surface area contributed by atoms with Crippen molar-refractivity contribution in [3.63, 3.8) is 0 Å². The van der Waals surface area contributed by atoms with Gasteiger partial charge in [0.05, 0.1) is 0 Å². The summed E-state index contributed by atoms with van der Waals surface area (Å²) in [6.07, 6.45) is 43.1. The Morgan fingerprint density at radius 3 is 0.575 bits per heavy atom. The minimum atomic E-state index is 0. The van der Waals surface area contributed by atoms with Crippen molar-refractivity contribution < 1.29 is 33.9 Å². The van der Waals surface area contributed by atoms with Crippen molar-refractivity contribution in [2.45, 2.75) is 213 Å². The van der Waals surface area contributed by atoms with Crippen LogP contribution in [-0.2, 0) is 33.9 Å². The van der Waals surface area contributed by atoms with Crippen molar-refractivity contribution in [3.05, 3.63) is 0 Å². The molecule has 3 nitrogen and oxygen atoms in total. The van der Waals surface area contributed by atoms with Crippen LogP contribution in [0, 0.1) is 0 Å². The van der Waals surface area contributed by atoms with E-state index in [2.05, 4.69) is 20.8 Å². The second kappa shape index (κ2) is 51.4. The average Bonchev–Trinajstić information content (AvgIpc) is 2.95. The molecule has 0 aromatic rings. The van der Waals surface area contributed by atoms with Crippen molar-refractivity contribution in [2.75, 3.05) is 0 Å². The van der Waals surface area contributed by atoms with E-state index in [1.807, 2.05) is 18.9 Å². The molecule has 0 heterocycles. The van der Waals surface area contributed by atoms with Gasteiger partial charge in [0.2, 0.25) is 0 Å². The van der Waals surface area contributed by atoms with Crippen LogP contribution in [-0.4, -0.2) is 18.9 Å². The molecule has 239 valence electrons. The monoisotopic (exact) mass is 651 g/mol. The molecule has 0 amide bonds. The van der Waals surface area contributed by atoms with E-state index in [4.69, 9.17) is 0 Å². The SMILES string of the molecule is CCCCCCCCCCC[C-]=O.CCCCCCCCCCC[C-]=O.CCCCCCCCCCC[C-]=O.[Ru+3]. The van der Waals surface area contributed by atoms with Crippen molar-refractivity contribution in [1.29, 1.82) is 0 Å². The van der Waals surface area contributed by atoms with Crippen LogP contribution in [0.4, 0.5) is 0 Å². The van der Waals surface area contributed by atoms with E-state index in [0.717, 1.165) is 19.3 Å². The number of hydrogen-bond donors (Lipinski definition) is 0. The van der Waals surface area contributed by atoms with Gasteiger partial charge in [0.1, 0.15) is 0 Å². The van der Waals surface area contributed by atoms with Gasteiger partial charge in [-0.05, 0) is 0 Å². The van der Waals surface area contributed by atoms with Gasteiger partial charge < -0.3 is 14.4 Å². The zero-order chi connectivity index (χ0) is 29.3. The largest absolute Gasteiger partial charge is 3.00 e. The Hall–Kier alpha value is -0.367. The van der Waals surface area contributed by atoms with Crippen molar-refractivity contribution in [2.24, 2.45) is 0 Å². The minimum Gasteiger partial charge on any atom is -0.542 e. The molecule has 4 heteroatoms. The molecule has 0 saturated heterocycles. The standard InChI is InChI=1S/3C12H23O.Ru/c3*1-2-3-4-5-6-7-8-9-10-11-12-13;/h3*2-11H2,1H3;/q3*-1;+3. The minimum absolute atomic E-state index is 0. The van der Waals surface area contributed by atoms with Gasteiger partial charge in [-0.1, -0.05) is 194 Å². The Balaban J connectivity index is -0.000000240. The summed E-state index contributed by atoms with van der Waals surface area (Å²) in [4.78, 5) is 29.7. The van der Waals surface area contributed by atoms with Gasteiger partial charge in [-0.3, -0.25) is 18.9 Å². The van der Waals surface area contributed by atoms with E-state index < -0.39 is 0 Å². The van der Waals surface area contributed by atoms with E-state index in [1.54, 1.807) is 0 Å². The Bertz CT molecular complexity index is 366. The van der Waals surface area contributed by atoms with Gasteiger partial charge in [-0.25, -0.2) is 0 Å². The van der Waals surface area contributed by atoms with E-state index in [-0.39, 0.29) is 19.5 Å². The third kappa shape index (κ3) is 57.5. The molecule has 0 aromatic carbocycles. The fourth-order valence-corrected chi connectivity index (χ4v) is 4.52. The predicted molar refractivity (Wildman–Crippen MR) is 173 cm³/mol. The zero-order valence-corrected chi connectivity index (χ0v) is 29.0. The van der Waals surface area contributed by atoms with E-state index in [9.17, 15) is 14.4 Å². The van der Waals surface area contributed by atoms with Gasteiger partial charge in [0, 0.05) is 0 Å². The molecular formula is C36H69O3Ru. The van der Waals surface area contributed by atoms with E-state index >= 15 is 0 Å². The summed E-state index contributed by atoms with van der Waals surface area (Å²) >= 11 is 0. The first-order chi connectivity index (χ1) is 19.2. The number of hydrogen-bond acceptors (Lipinski definition) is 3. The maximum Gasteiger partial charge on any atom is 3.00 e. The average molecular weight is 651 g/mol. The van der Waals surface area contributed by atoms with Crippen LogP contribution >= 0.6 is 0 Å². The molecule has 0 saturated carbocycles. The number of unbranched alkanes of at least 4 members (excludes halogenated alkanes) is 27. The topological polar surface area (TPSA) is 51.2 Å². The van der Waals surface area contributed by atoms with Crippen molar-refractivity contribution in [3.8, 4) is 0 Å². The molecular weight excluding hydrogens is 581 g/mol. The molecule has 0 atom stereocenters. The summed E-state index contributed by atoms with van der Waals surface area (Å²) in [5, 5.41) is 0. The Morgan fingerprint density at radius 2 is 0.425 bits per heavy atom. The molecule has 0 N–H and O–H groups in total. The molecule has 0 fully saturated rings. The normalized spacial score (nSPS) is 9.97. The molecule has 0 bridgehead atoms. The van der Waals surface area contributed by atoms with Crippen LogP contribution in [0.1, 0.15) is 213 Å². The van der Waals surface area contributed by atoms with Crippen LogP contribution < -0.4 is 0 Å². The Labute approximate surface area is 265 Å². The van der Waals surface area contributed by atoms with Crippen LogP contribution in [0.3, 0.4) is 0 Å². The predicted octanol–water partition coefficient (Wildman–Crippen LogP) is 12.0. The maximum absolute atomic E-state index is 9.89. The summed E-state index contributed by atoms with van der Waals surface area (Å²) in [5.74, 6) is 0. The first-order valence-corrected chi connectivity index (χ1v) is 17.3. The van der Waals surface area contributed by atoms with Gasteiger partial charge >= 0.3 is 19.5 Å². The van der Waals surface area contributed by atoms with Crippen LogP contribution in [0.25, 0.3) is 0 Å². The number of carbonyl (C=O) groups excluding carboxylic acids is 3. The summed E-state index contributed by atoms with van der Waals surface area (Å²) < 4.78 is 0. The molecule has 0 aliphatic heterocycles. The van der Waals surface area contributed by atoms with Gasteiger partial charge in [0.25, 0.3) is 0 Å². The quantitative estimate of drug-likeness (QED) is 0.0441. The summed E-state index contributed by atoms with van der Waals surface area (Å²) in [5.41, 5.74) is 0. The smallest absolute Gasteiger partial charge is 0.542 e. The van der Waals surface area contributed by atoms with Gasteiger partial charge in [-0.2, -0.15) is 19.3 Å². The molecule has 0 aromatic heterocycles. The second-order valence-corrected chi connectivity index (χ2v) is 11.2. The molecule has 0 unspecified atom stereocenters. The third-order valence-electron chi connectivity index (χ3n) is 7.15. The second-order valence-electron chi connectivity index (χ2n) is 11.2.